The maximum atomic E-state index is 12.2. The number of halogens is 2. The maximum Gasteiger partial charge on any atom is 0.260 e. The lowest BCUT2D eigenvalue weighted by atomic mass is 9.92. The van der Waals surface area contributed by atoms with Crippen LogP contribution in [0.3, 0.4) is 0 Å². The molecule has 4 nitrogen and oxygen atoms in total. The van der Waals surface area contributed by atoms with Gasteiger partial charge in [0, 0.05) is 23.6 Å². The van der Waals surface area contributed by atoms with E-state index < -0.39 is 0 Å². The van der Waals surface area contributed by atoms with Crippen molar-refractivity contribution in [1.82, 2.24) is 4.90 Å². The second kappa shape index (κ2) is 7.47. The Morgan fingerprint density at radius 3 is 3.05 bits per heavy atom. The third-order valence-corrected chi connectivity index (χ3v) is 4.59. The Kier molecular flexibility index (Phi) is 5.90. The summed E-state index contributed by atoms with van der Waals surface area (Å²) in [5.74, 6) is 0.882. The van der Waals surface area contributed by atoms with Gasteiger partial charge in [-0.3, -0.25) is 4.79 Å². The van der Waals surface area contributed by atoms with Gasteiger partial charge >= 0.3 is 0 Å². The fourth-order valence-electron chi connectivity index (χ4n) is 2.49. The Bertz CT molecular complexity index is 510. The standard InChI is InChI=1S/C15H20BrClN2O2/c1-10(18)11-3-2-6-19(8-11)15(20)9-21-14-5-4-12(16)7-13(14)17/h4-5,7,10-11H,2-3,6,8-9,18H2,1H3. The monoisotopic (exact) mass is 374 g/mol. The first-order valence-electron chi connectivity index (χ1n) is 7.08. The Morgan fingerprint density at radius 2 is 2.38 bits per heavy atom. The zero-order valence-electron chi connectivity index (χ0n) is 12.0. The highest BCUT2D eigenvalue weighted by Crippen LogP contribution is 2.28. The first-order chi connectivity index (χ1) is 9.97. The summed E-state index contributed by atoms with van der Waals surface area (Å²) in [7, 11) is 0. The number of amides is 1. The van der Waals surface area contributed by atoms with E-state index in [4.69, 9.17) is 22.1 Å². The Labute approximate surface area is 138 Å². The van der Waals surface area contributed by atoms with Gasteiger partial charge in [-0.25, -0.2) is 0 Å². The largest absolute Gasteiger partial charge is 0.482 e. The molecule has 1 aromatic carbocycles. The van der Waals surface area contributed by atoms with Crippen LogP contribution in [-0.4, -0.2) is 36.5 Å². The number of likely N-dealkylation sites (tertiary alicyclic amines) is 1. The molecule has 2 atom stereocenters. The van der Waals surface area contributed by atoms with Crippen molar-refractivity contribution in [1.29, 1.82) is 0 Å². The van der Waals surface area contributed by atoms with E-state index in [1.165, 1.54) is 0 Å². The van der Waals surface area contributed by atoms with E-state index in [0.717, 1.165) is 23.9 Å². The van der Waals surface area contributed by atoms with Crippen molar-refractivity contribution in [3.05, 3.63) is 27.7 Å². The molecule has 116 valence electrons. The highest BCUT2D eigenvalue weighted by molar-refractivity contribution is 9.10. The number of ether oxygens (including phenoxy) is 1. The van der Waals surface area contributed by atoms with Crippen LogP contribution in [0.4, 0.5) is 0 Å². The van der Waals surface area contributed by atoms with E-state index in [0.29, 0.717) is 23.2 Å². The van der Waals surface area contributed by atoms with Crippen LogP contribution in [0.15, 0.2) is 22.7 Å². The molecule has 1 aliphatic heterocycles. The number of piperidine rings is 1. The molecule has 2 unspecified atom stereocenters. The van der Waals surface area contributed by atoms with E-state index in [2.05, 4.69) is 15.9 Å². The minimum atomic E-state index is -0.0145. The van der Waals surface area contributed by atoms with Crippen molar-refractivity contribution in [2.75, 3.05) is 19.7 Å². The number of benzene rings is 1. The average Bonchev–Trinajstić information content (AvgIpc) is 2.46. The van der Waals surface area contributed by atoms with Crippen molar-refractivity contribution in [2.45, 2.75) is 25.8 Å². The third kappa shape index (κ3) is 4.59. The van der Waals surface area contributed by atoms with Gasteiger partial charge in [-0.2, -0.15) is 0 Å². The SMILES string of the molecule is CC(N)C1CCCN(C(=O)COc2ccc(Br)cc2Cl)C1. The minimum absolute atomic E-state index is 0.00697. The van der Waals surface area contributed by atoms with Crippen LogP contribution in [0.2, 0.25) is 5.02 Å². The predicted octanol–water partition coefficient (Wildman–Crippen LogP) is 3.07. The van der Waals surface area contributed by atoms with E-state index in [1.54, 1.807) is 12.1 Å². The topological polar surface area (TPSA) is 55.6 Å². The minimum Gasteiger partial charge on any atom is -0.482 e. The van der Waals surface area contributed by atoms with Crippen LogP contribution < -0.4 is 10.5 Å². The van der Waals surface area contributed by atoms with Gasteiger partial charge in [0.15, 0.2) is 6.61 Å². The number of carbonyl (C=O) groups excluding carboxylic acids is 1. The van der Waals surface area contributed by atoms with Gasteiger partial charge in [0.25, 0.3) is 5.91 Å². The molecule has 2 N–H and O–H groups in total. The van der Waals surface area contributed by atoms with Gasteiger partial charge in [-0.1, -0.05) is 27.5 Å². The molecule has 0 bridgehead atoms. The number of rotatable bonds is 4. The molecule has 1 heterocycles. The molecule has 1 fully saturated rings. The highest BCUT2D eigenvalue weighted by Gasteiger charge is 2.26. The number of nitrogens with zero attached hydrogens (tertiary/aromatic N) is 1. The molecule has 0 aliphatic carbocycles. The summed E-state index contributed by atoms with van der Waals surface area (Å²) in [5.41, 5.74) is 5.94. The van der Waals surface area contributed by atoms with Crippen LogP contribution in [0, 0.1) is 5.92 Å². The fourth-order valence-corrected chi connectivity index (χ4v) is 3.22. The molecule has 21 heavy (non-hydrogen) atoms. The van der Waals surface area contributed by atoms with Crippen LogP contribution >= 0.6 is 27.5 Å². The van der Waals surface area contributed by atoms with Gasteiger partial charge < -0.3 is 15.4 Å². The van der Waals surface area contributed by atoms with Gasteiger partial charge in [-0.05, 0) is 43.9 Å². The summed E-state index contributed by atoms with van der Waals surface area (Å²) in [5, 5.41) is 0.490. The lowest BCUT2D eigenvalue weighted by Crippen LogP contribution is -2.46. The second-order valence-corrected chi connectivity index (χ2v) is 6.79. The number of carbonyl (C=O) groups is 1. The van der Waals surface area contributed by atoms with Crippen LogP contribution in [0.1, 0.15) is 19.8 Å². The second-order valence-electron chi connectivity index (χ2n) is 5.46. The molecular formula is C15H20BrClN2O2. The van der Waals surface area contributed by atoms with Gasteiger partial charge in [-0.15, -0.1) is 0 Å². The van der Waals surface area contributed by atoms with Crippen molar-refractivity contribution < 1.29 is 9.53 Å². The molecule has 2 rings (SSSR count). The summed E-state index contributed by atoms with van der Waals surface area (Å²) in [4.78, 5) is 14.1. The van der Waals surface area contributed by atoms with Crippen molar-refractivity contribution >= 4 is 33.4 Å². The highest BCUT2D eigenvalue weighted by atomic mass is 79.9. The van der Waals surface area contributed by atoms with Gasteiger partial charge in [0.1, 0.15) is 5.75 Å². The van der Waals surface area contributed by atoms with E-state index in [-0.39, 0.29) is 18.6 Å². The Morgan fingerprint density at radius 1 is 1.62 bits per heavy atom. The molecule has 1 aromatic rings. The normalized spacial score (nSPS) is 20.2. The quantitative estimate of drug-likeness (QED) is 0.880. The van der Waals surface area contributed by atoms with Crippen molar-refractivity contribution in [2.24, 2.45) is 11.7 Å². The molecule has 0 saturated carbocycles. The van der Waals surface area contributed by atoms with E-state index in [1.807, 2.05) is 17.9 Å². The summed E-state index contributed by atoms with van der Waals surface area (Å²) in [6.45, 7) is 3.50. The molecule has 1 aliphatic rings. The Balaban J connectivity index is 1.89. The maximum absolute atomic E-state index is 12.2. The van der Waals surface area contributed by atoms with E-state index in [9.17, 15) is 4.79 Å². The zero-order valence-corrected chi connectivity index (χ0v) is 14.4. The van der Waals surface area contributed by atoms with Gasteiger partial charge in [0.2, 0.25) is 0 Å². The molecule has 6 heteroatoms. The average molecular weight is 376 g/mol. The first kappa shape index (κ1) is 16.6. The smallest absolute Gasteiger partial charge is 0.260 e. The molecule has 1 saturated heterocycles. The van der Waals surface area contributed by atoms with E-state index >= 15 is 0 Å². The fraction of sp³-hybridized carbons (Fsp3) is 0.533. The number of hydrogen-bond donors (Lipinski definition) is 1. The van der Waals surface area contributed by atoms with Crippen LogP contribution in [-0.2, 0) is 4.79 Å². The summed E-state index contributed by atoms with van der Waals surface area (Å²) >= 11 is 9.40. The lowest BCUT2D eigenvalue weighted by Gasteiger charge is -2.34. The predicted molar refractivity (Wildman–Crippen MR) is 87.6 cm³/mol. The molecule has 0 radical (unpaired) electrons. The molecular weight excluding hydrogens is 356 g/mol. The number of nitrogens with two attached hydrogens (primary N) is 1. The zero-order chi connectivity index (χ0) is 15.4. The summed E-state index contributed by atoms with van der Waals surface area (Å²) < 4.78 is 6.40. The third-order valence-electron chi connectivity index (χ3n) is 3.80. The molecule has 1 amide bonds. The molecule has 0 aromatic heterocycles. The van der Waals surface area contributed by atoms with Crippen molar-refractivity contribution in [3.8, 4) is 5.75 Å². The first-order valence-corrected chi connectivity index (χ1v) is 8.25. The van der Waals surface area contributed by atoms with Crippen LogP contribution in [0.25, 0.3) is 0 Å². The number of hydrogen-bond acceptors (Lipinski definition) is 3. The summed E-state index contributed by atoms with van der Waals surface area (Å²) in [6, 6.07) is 5.44. The lowest BCUT2D eigenvalue weighted by molar-refractivity contribution is -0.135. The van der Waals surface area contributed by atoms with Crippen molar-refractivity contribution in [3.63, 3.8) is 0 Å². The molecule has 0 spiro atoms. The Hall–Kier alpha value is -0.780. The van der Waals surface area contributed by atoms with Crippen LogP contribution in [0.5, 0.6) is 5.75 Å². The van der Waals surface area contributed by atoms with Gasteiger partial charge in [0.05, 0.1) is 5.02 Å². The summed E-state index contributed by atoms with van der Waals surface area (Å²) in [6.07, 6.45) is 2.08.